The average molecular weight is 468 g/mol. The van der Waals surface area contributed by atoms with Gasteiger partial charge < -0.3 is 14.5 Å². The predicted molar refractivity (Wildman–Crippen MR) is 127 cm³/mol. The summed E-state index contributed by atoms with van der Waals surface area (Å²) in [4.78, 5) is 13.6. The number of benzene rings is 2. The van der Waals surface area contributed by atoms with E-state index in [-0.39, 0.29) is 11.0 Å². The van der Waals surface area contributed by atoms with Crippen LogP contribution in [0.2, 0.25) is 5.02 Å². The fourth-order valence-corrected chi connectivity index (χ4v) is 3.41. The van der Waals surface area contributed by atoms with Gasteiger partial charge in [0.15, 0.2) is 5.11 Å². The number of aryl methyl sites for hydroxylation is 1. The highest BCUT2D eigenvalue weighted by molar-refractivity contribution is 7.80. The van der Waals surface area contributed by atoms with E-state index in [0.717, 1.165) is 5.56 Å². The molecule has 2 aromatic carbocycles. The van der Waals surface area contributed by atoms with E-state index in [4.69, 9.17) is 33.0 Å². The van der Waals surface area contributed by atoms with Crippen LogP contribution in [-0.4, -0.2) is 33.1 Å². The molecule has 4 aromatic rings. The fraction of sp³-hybridized carbons (Fsp3) is 0.0909. The highest BCUT2D eigenvalue weighted by atomic mass is 35.5. The topological polar surface area (TPSA) is 94.2 Å². The number of fused-ring (bicyclic) bond motifs is 1. The Morgan fingerprint density at radius 2 is 2.00 bits per heavy atom. The van der Waals surface area contributed by atoms with Crippen LogP contribution in [0.4, 0.5) is 5.69 Å². The predicted octanol–water partition coefficient (Wildman–Crippen LogP) is 4.51. The van der Waals surface area contributed by atoms with E-state index in [9.17, 15) is 4.79 Å². The lowest BCUT2D eigenvalue weighted by atomic mass is 10.2. The molecule has 0 aliphatic carbocycles. The number of rotatable bonds is 5. The summed E-state index contributed by atoms with van der Waals surface area (Å²) in [6, 6.07) is 12.5. The molecule has 2 aromatic heterocycles. The lowest BCUT2D eigenvalue weighted by molar-refractivity contribution is -0.115. The van der Waals surface area contributed by atoms with Crippen LogP contribution in [0.15, 0.2) is 59.2 Å². The van der Waals surface area contributed by atoms with E-state index in [1.54, 1.807) is 37.5 Å². The molecular formula is C22H18ClN5O3S. The molecule has 10 heteroatoms. The molecule has 2 heterocycles. The van der Waals surface area contributed by atoms with Gasteiger partial charge in [0, 0.05) is 11.8 Å². The van der Waals surface area contributed by atoms with Gasteiger partial charge in [-0.25, -0.2) is 0 Å². The molecule has 2 N–H and O–H groups in total. The van der Waals surface area contributed by atoms with Crippen molar-refractivity contribution >= 4 is 57.6 Å². The van der Waals surface area contributed by atoms with Gasteiger partial charge in [-0.2, -0.15) is 4.80 Å². The summed E-state index contributed by atoms with van der Waals surface area (Å²) in [6.07, 6.45) is 4.43. The summed E-state index contributed by atoms with van der Waals surface area (Å²) in [5.74, 6) is 0.769. The summed E-state index contributed by atoms with van der Waals surface area (Å²) in [5.41, 5.74) is 3.65. The number of anilines is 1. The third kappa shape index (κ3) is 4.79. The summed E-state index contributed by atoms with van der Waals surface area (Å²) in [7, 11) is 1.56. The van der Waals surface area contributed by atoms with Crippen molar-refractivity contribution < 1.29 is 13.9 Å². The molecular weight excluding hydrogens is 450 g/mol. The van der Waals surface area contributed by atoms with E-state index < -0.39 is 0 Å². The SMILES string of the molecule is COc1ccc(-n2nc3cc(C)c(NC(=S)NC(=O)C=Cc4ccco4)cc3n2)cc1Cl. The minimum atomic E-state index is -0.375. The van der Waals surface area contributed by atoms with Gasteiger partial charge in [-0.15, -0.1) is 10.2 Å². The summed E-state index contributed by atoms with van der Waals surface area (Å²) in [6.45, 7) is 1.91. The molecule has 0 unspecified atom stereocenters. The molecule has 0 aliphatic rings. The molecule has 8 nitrogen and oxygen atoms in total. The van der Waals surface area contributed by atoms with Gasteiger partial charge in [0.25, 0.3) is 0 Å². The lowest BCUT2D eigenvalue weighted by Crippen LogP contribution is -2.33. The highest BCUT2D eigenvalue weighted by Gasteiger charge is 2.11. The van der Waals surface area contributed by atoms with Crippen molar-refractivity contribution in [2.45, 2.75) is 6.92 Å². The molecule has 0 fully saturated rings. The van der Waals surface area contributed by atoms with Crippen molar-refractivity contribution in [3.63, 3.8) is 0 Å². The number of amides is 1. The van der Waals surface area contributed by atoms with Gasteiger partial charge in [0.05, 0.1) is 24.1 Å². The number of nitrogens with zero attached hydrogens (tertiary/aromatic N) is 3. The first kappa shape index (κ1) is 21.5. The molecule has 0 saturated heterocycles. The first-order chi connectivity index (χ1) is 15.4. The van der Waals surface area contributed by atoms with Gasteiger partial charge in [0.2, 0.25) is 5.91 Å². The number of aromatic nitrogens is 3. The van der Waals surface area contributed by atoms with Crippen LogP contribution in [0.5, 0.6) is 5.75 Å². The van der Waals surface area contributed by atoms with Crippen LogP contribution in [0.3, 0.4) is 0 Å². The molecule has 162 valence electrons. The number of methoxy groups -OCH3 is 1. The van der Waals surface area contributed by atoms with Crippen molar-refractivity contribution in [3.05, 3.63) is 71.2 Å². The number of thiocarbonyl (C=S) groups is 1. The largest absolute Gasteiger partial charge is 0.495 e. The second-order valence-electron chi connectivity index (χ2n) is 6.76. The number of hydrogen-bond acceptors (Lipinski definition) is 6. The van der Waals surface area contributed by atoms with Crippen molar-refractivity contribution in [1.82, 2.24) is 20.3 Å². The number of halogens is 1. The van der Waals surface area contributed by atoms with E-state index in [0.29, 0.717) is 38.9 Å². The minimum absolute atomic E-state index is 0.163. The van der Waals surface area contributed by atoms with Crippen LogP contribution < -0.4 is 15.4 Å². The Labute approximate surface area is 193 Å². The Kier molecular flexibility index (Phi) is 6.20. The van der Waals surface area contributed by atoms with Crippen molar-refractivity contribution in [2.24, 2.45) is 0 Å². The number of nitrogens with one attached hydrogen (secondary N) is 2. The quantitative estimate of drug-likeness (QED) is 0.329. The summed E-state index contributed by atoms with van der Waals surface area (Å²) < 4.78 is 10.3. The molecule has 32 heavy (non-hydrogen) atoms. The van der Waals surface area contributed by atoms with E-state index >= 15 is 0 Å². The number of furan rings is 1. The Bertz CT molecular complexity index is 1330. The number of hydrogen-bond donors (Lipinski definition) is 2. The molecule has 0 radical (unpaired) electrons. The maximum absolute atomic E-state index is 12.1. The Hall–Kier alpha value is -3.69. The van der Waals surface area contributed by atoms with Gasteiger partial charge in [-0.05, 0) is 73.2 Å². The molecule has 0 aliphatic heterocycles. The number of carbonyl (C=O) groups is 1. The van der Waals surface area contributed by atoms with Crippen LogP contribution in [0.25, 0.3) is 22.8 Å². The first-order valence-corrected chi connectivity index (χ1v) is 10.3. The monoisotopic (exact) mass is 467 g/mol. The maximum atomic E-state index is 12.1. The van der Waals surface area contributed by atoms with Gasteiger partial charge in [-0.3, -0.25) is 10.1 Å². The minimum Gasteiger partial charge on any atom is -0.495 e. The van der Waals surface area contributed by atoms with E-state index in [2.05, 4.69) is 20.8 Å². The Balaban J connectivity index is 1.49. The molecule has 1 amide bonds. The number of carbonyl (C=O) groups excluding carboxylic acids is 1. The van der Waals surface area contributed by atoms with Crippen LogP contribution in [0, 0.1) is 6.92 Å². The molecule has 0 bridgehead atoms. The molecule has 4 rings (SSSR count). The average Bonchev–Trinajstić information content (AvgIpc) is 3.42. The lowest BCUT2D eigenvalue weighted by Gasteiger charge is -2.10. The highest BCUT2D eigenvalue weighted by Crippen LogP contribution is 2.27. The van der Waals surface area contributed by atoms with E-state index in [1.165, 1.54) is 17.1 Å². The fourth-order valence-electron chi connectivity index (χ4n) is 2.95. The molecule has 0 saturated carbocycles. The third-order valence-corrected chi connectivity index (χ3v) is 5.02. The number of ether oxygens (including phenoxy) is 1. The smallest absolute Gasteiger partial charge is 0.250 e. The molecule has 0 atom stereocenters. The van der Waals surface area contributed by atoms with Gasteiger partial charge >= 0.3 is 0 Å². The summed E-state index contributed by atoms with van der Waals surface area (Å²) in [5, 5.41) is 15.3. The van der Waals surface area contributed by atoms with Crippen molar-refractivity contribution in [3.8, 4) is 11.4 Å². The zero-order valence-electron chi connectivity index (χ0n) is 17.1. The second kappa shape index (κ2) is 9.21. The van der Waals surface area contributed by atoms with E-state index in [1.807, 2.05) is 25.1 Å². The van der Waals surface area contributed by atoms with Crippen molar-refractivity contribution in [2.75, 3.05) is 12.4 Å². The normalized spacial score (nSPS) is 11.1. The third-order valence-electron chi connectivity index (χ3n) is 4.52. The maximum Gasteiger partial charge on any atom is 0.250 e. The Morgan fingerprint density at radius 3 is 2.69 bits per heavy atom. The standard InChI is InChI=1S/C22H18ClN5O3S/c1-13-10-18-19(27-28(26-18)14-5-7-20(30-2)16(23)11-14)12-17(13)24-22(32)25-21(29)8-6-15-4-3-9-31-15/h3-12H,1-2H3,(H2,24,25,29,32). The van der Waals surface area contributed by atoms with Crippen molar-refractivity contribution in [1.29, 1.82) is 0 Å². The second-order valence-corrected chi connectivity index (χ2v) is 7.57. The zero-order valence-corrected chi connectivity index (χ0v) is 18.7. The van der Waals surface area contributed by atoms with Crippen LogP contribution >= 0.6 is 23.8 Å². The first-order valence-electron chi connectivity index (χ1n) is 9.48. The van der Waals surface area contributed by atoms with Gasteiger partial charge in [0.1, 0.15) is 22.5 Å². The Morgan fingerprint density at radius 1 is 1.22 bits per heavy atom. The van der Waals surface area contributed by atoms with Crippen LogP contribution in [-0.2, 0) is 4.79 Å². The van der Waals surface area contributed by atoms with Gasteiger partial charge in [-0.1, -0.05) is 11.6 Å². The van der Waals surface area contributed by atoms with Crippen LogP contribution in [0.1, 0.15) is 11.3 Å². The molecule has 0 spiro atoms. The zero-order chi connectivity index (χ0) is 22.7. The summed E-state index contributed by atoms with van der Waals surface area (Å²) >= 11 is 11.5.